The van der Waals surface area contributed by atoms with Crippen molar-refractivity contribution in [3.63, 3.8) is 0 Å². The van der Waals surface area contributed by atoms with E-state index in [0.717, 1.165) is 16.6 Å². The molecule has 1 aromatic rings. The monoisotopic (exact) mass is 300 g/mol. The van der Waals surface area contributed by atoms with Crippen LogP contribution in [-0.4, -0.2) is 33.7 Å². The predicted octanol–water partition coefficient (Wildman–Crippen LogP) is 1.28. The number of amides is 1. The molecule has 0 aliphatic carbocycles. The van der Waals surface area contributed by atoms with Crippen molar-refractivity contribution in [2.45, 2.75) is 6.42 Å². The van der Waals surface area contributed by atoms with Crippen molar-refractivity contribution in [2.75, 3.05) is 23.7 Å². The second kappa shape index (κ2) is 7.04. The van der Waals surface area contributed by atoms with Crippen LogP contribution >= 0.6 is 0 Å². The van der Waals surface area contributed by atoms with Gasteiger partial charge in [-0.2, -0.15) is 0 Å². The van der Waals surface area contributed by atoms with E-state index in [4.69, 9.17) is 0 Å². The first-order valence-corrected chi connectivity index (χ1v) is 7.80. The van der Waals surface area contributed by atoms with Crippen LogP contribution in [0.3, 0.4) is 0 Å². The summed E-state index contributed by atoms with van der Waals surface area (Å²) < 4.78 is 37.6. The van der Waals surface area contributed by atoms with E-state index in [0.29, 0.717) is 6.54 Å². The lowest BCUT2D eigenvalue weighted by Gasteiger charge is -2.22. The molecule has 1 N–H and O–H groups in total. The highest BCUT2D eigenvalue weighted by atomic mass is 32.2. The quantitative estimate of drug-likeness (QED) is 0.772. The summed E-state index contributed by atoms with van der Waals surface area (Å²) in [5.74, 6) is -0.831. The molecule has 20 heavy (non-hydrogen) atoms. The molecule has 7 heteroatoms. The van der Waals surface area contributed by atoms with Crippen molar-refractivity contribution in [3.05, 3.63) is 42.7 Å². The fourth-order valence-corrected chi connectivity index (χ4v) is 2.51. The molecule has 0 saturated heterocycles. The molecule has 110 valence electrons. The minimum absolute atomic E-state index is 0.0164. The van der Waals surface area contributed by atoms with Gasteiger partial charge in [0, 0.05) is 19.5 Å². The minimum Gasteiger partial charge on any atom is -0.353 e. The molecular weight excluding hydrogens is 283 g/mol. The normalized spacial score (nSPS) is 10.9. The molecule has 0 bridgehead atoms. The number of anilines is 1. The maximum atomic E-state index is 13.2. The summed E-state index contributed by atoms with van der Waals surface area (Å²) in [6.45, 7) is 3.73. The number of nitrogens with one attached hydrogen (secondary N) is 1. The molecule has 1 aromatic carbocycles. The Kier molecular flexibility index (Phi) is 5.69. The molecule has 0 saturated carbocycles. The Morgan fingerprint density at radius 1 is 1.50 bits per heavy atom. The van der Waals surface area contributed by atoms with Gasteiger partial charge < -0.3 is 5.32 Å². The molecule has 0 radical (unpaired) electrons. The minimum atomic E-state index is -3.58. The smallest absolute Gasteiger partial charge is 0.232 e. The van der Waals surface area contributed by atoms with Gasteiger partial charge in [0.15, 0.2) is 0 Å². The second-order valence-electron chi connectivity index (χ2n) is 4.16. The maximum absolute atomic E-state index is 13.2. The lowest BCUT2D eigenvalue weighted by atomic mass is 10.3. The topological polar surface area (TPSA) is 66.5 Å². The van der Waals surface area contributed by atoms with Crippen molar-refractivity contribution in [2.24, 2.45) is 0 Å². The van der Waals surface area contributed by atoms with E-state index in [1.165, 1.54) is 24.3 Å². The molecule has 0 unspecified atom stereocenters. The Labute approximate surface area is 118 Å². The van der Waals surface area contributed by atoms with Gasteiger partial charge in [-0.05, 0) is 18.2 Å². The van der Waals surface area contributed by atoms with Crippen LogP contribution in [0.2, 0.25) is 0 Å². The molecule has 0 fully saturated rings. The van der Waals surface area contributed by atoms with Gasteiger partial charge in [0.25, 0.3) is 0 Å². The summed E-state index contributed by atoms with van der Waals surface area (Å²) in [6.07, 6.45) is 2.52. The van der Waals surface area contributed by atoms with E-state index in [1.54, 1.807) is 0 Å². The fraction of sp³-hybridized carbons (Fsp3) is 0.308. The number of rotatable bonds is 7. The van der Waals surface area contributed by atoms with Gasteiger partial charge >= 0.3 is 0 Å². The lowest BCUT2D eigenvalue weighted by Crippen LogP contribution is -2.34. The van der Waals surface area contributed by atoms with Gasteiger partial charge in [-0.15, -0.1) is 6.58 Å². The van der Waals surface area contributed by atoms with Crippen molar-refractivity contribution in [1.29, 1.82) is 0 Å². The van der Waals surface area contributed by atoms with Gasteiger partial charge in [0.05, 0.1) is 11.9 Å². The van der Waals surface area contributed by atoms with Crippen LogP contribution in [-0.2, 0) is 14.8 Å². The van der Waals surface area contributed by atoms with E-state index < -0.39 is 15.8 Å². The summed E-state index contributed by atoms with van der Waals surface area (Å²) >= 11 is 0. The lowest BCUT2D eigenvalue weighted by molar-refractivity contribution is -0.120. The summed E-state index contributed by atoms with van der Waals surface area (Å²) in [5.41, 5.74) is 0.198. The number of hydrogen-bond donors (Lipinski definition) is 1. The van der Waals surface area contributed by atoms with E-state index in [2.05, 4.69) is 11.9 Å². The first-order chi connectivity index (χ1) is 9.34. The summed E-state index contributed by atoms with van der Waals surface area (Å²) in [5, 5.41) is 2.55. The summed E-state index contributed by atoms with van der Waals surface area (Å²) in [7, 11) is -3.58. The first kappa shape index (κ1) is 16.2. The van der Waals surface area contributed by atoms with Crippen LogP contribution in [0.4, 0.5) is 10.1 Å². The van der Waals surface area contributed by atoms with Crippen LogP contribution in [0, 0.1) is 5.82 Å². The van der Waals surface area contributed by atoms with Crippen molar-refractivity contribution >= 4 is 21.6 Å². The molecule has 0 aliphatic heterocycles. The van der Waals surface area contributed by atoms with Gasteiger partial charge in [-0.1, -0.05) is 12.1 Å². The largest absolute Gasteiger partial charge is 0.353 e. The standard InChI is InChI=1S/C13H17FN2O3S/c1-3-8-15-13(17)7-9-16(20(2,18)19)12-6-4-5-11(14)10-12/h3-6,10H,1,7-9H2,2H3,(H,15,17). The number of sulfonamides is 1. The SMILES string of the molecule is C=CCNC(=O)CCN(c1cccc(F)c1)S(C)(=O)=O. The fourth-order valence-electron chi connectivity index (χ4n) is 1.60. The average Bonchev–Trinajstić information content (AvgIpc) is 2.35. The average molecular weight is 300 g/mol. The van der Waals surface area contributed by atoms with Crippen LogP contribution in [0.1, 0.15) is 6.42 Å². The molecule has 0 aromatic heterocycles. The highest BCUT2D eigenvalue weighted by molar-refractivity contribution is 7.92. The molecule has 0 aliphatic rings. The van der Waals surface area contributed by atoms with Crippen LogP contribution in [0.5, 0.6) is 0 Å². The molecule has 0 heterocycles. The zero-order valence-electron chi connectivity index (χ0n) is 11.2. The van der Waals surface area contributed by atoms with Crippen LogP contribution in [0.15, 0.2) is 36.9 Å². The zero-order chi connectivity index (χ0) is 15.2. The third-order valence-corrected chi connectivity index (χ3v) is 3.68. The highest BCUT2D eigenvalue weighted by Gasteiger charge is 2.18. The van der Waals surface area contributed by atoms with E-state index in [-0.39, 0.29) is 24.6 Å². The zero-order valence-corrected chi connectivity index (χ0v) is 12.0. The van der Waals surface area contributed by atoms with Crippen molar-refractivity contribution in [1.82, 2.24) is 5.32 Å². The van der Waals surface area contributed by atoms with E-state index >= 15 is 0 Å². The molecular formula is C13H17FN2O3S. The number of benzene rings is 1. The number of carbonyl (C=O) groups excluding carboxylic acids is 1. The van der Waals surface area contributed by atoms with Crippen LogP contribution < -0.4 is 9.62 Å². The number of carbonyl (C=O) groups is 1. The Bertz CT molecular complexity index is 587. The van der Waals surface area contributed by atoms with Gasteiger partial charge in [0.1, 0.15) is 5.82 Å². The second-order valence-corrected chi connectivity index (χ2v) is 6.06. The predicted molar refractivity (Wildman–Crippen MR) is 76.4 cm³/mol. The maximum Gasteiger partial charge on any atom is 0.232 e. The third kappa shape index (κ3) is 5.00. The number of halogens is 1. The van der Waals surface area contributed by atoms with E-state index in [1.807, 2.05) is 0 Å². The van der Waals surface area contributed by atoms with Crippen molar-refractivity contribution in [3.8, 4) is 0 Å². The molecule has 0 spiro atoms. The molecule has 5 nitrogen and oxygen atoms in total. The Balaban J connectivity index is 2.82. The Morgan fingerprint density at radius 3 is 2.75 bits per heavy atom. The summed E-state index contributed by atoms with van der Waals surface area (Å²) in [4.78, 5) is 11.5. The van der Waals surface area contributed by atoms with Gasteiger partial charge in [0.2, 0.25) is 15.9 Å². The Morgan fingerprint density at radius 2 is 2.20 bits per heavy atom. The Hall–Kier alpha value is -1.89. The third-order valence-electron chi connectivity index (χ3n) is 2.48. The van der Waals surface area contributed by atoms with Gasteiger partial charge in [-0.3, -0.25) is 9.10 Å². The number of hydrogen-bond acceptors (Lipinski definition) is 3. The summed E-state index contributed by atoms with van der Waals surface area (Å²) in [6, 6.07) is 5.23. The molecule has 1 amide bonds. The molecule has 1 rings (SSSR count). The van der Waals surface area contributed by atoms with Crippen molar-refractivity contribution < 1.29 is 17.6 Å². The highest BCUT2D eigenvalue weighted by Crippen LogP contribution is 2.18. The first-order valence-electron chi connectivity index (χ1n) is 5.95. The number of nitrogens with zero attached hydrogens (tertiary/aromatic N) is 1. The van der Waals surface area contributed by atoms with Crippen LogP contribution in [0.25, 0.3) is 0 Å². The molecule has 0 atom stereocenters. The van der Waals surface area contributed by atoms with E-state index in [9.17, 15) is 17.6 Å². The van der Waals surface area contributed by atoms with Gasteiger partial charge in [-0.25, -0.2) is 12.8 Å².